The molecule has 0 unspecified atom stereocenters. The van der Waals surface area contributed by atoms with E-state index in [0.717, 1.165) is 22.3 Å². The van der Waals surface area contributed by atoms with Gasteiger partial charge in [-0.15, -0.1) is 0 Å². The summed E-state index contributed by atoms with van der Waals surface area (Å²) in [6, 6.07) is 28.2. The smallest absolute Gasteiger partial charge is 0.338 e. The summed E-state index contributed by atoms with van der Waals surface area (Å²) in [6.07, 6.45) is -0.142. The summed E-state index contributed by atoms with van der Waals surface area (Å²) in [5.74, 6) is -1.80. The van der Waals surface area contributed by atoms with Crippen molar-refractivity contribution in [2.45, 2.75) is 12.3 Å². The predicted molar refractivity (Wildman–Crippen MR) is 145 cm³/mol. The van der Waals surface area contributed by atoms with Crippen molar-refractivity contribution in [3.8, 4) is 22.3 Å². The Balaban J connectivity index is 1.25. The van der Waals surface area contributed by atoms with Crippen molar-refractivity contribution in [2.24, 2.45) is 0 Å². The molecule has 7 heteroatoms. The summed E-state index contributed by atoms with van der Waals surface area (Å²) < 4.78 is 5.74. The van der Waals surface area contributed by atoms with Gasteiger partial charge in [0.25, 0.3) is 5.91 Å². The molecule has 0 radical (unpaired) electrons. The Hall–Kier alpha value is -4.91. The van der Waals surface area contributed by atoms with Crippen molar-refractivity contribution < 1.29 is 24.2 Å². The number of carboxylic acid groups (broad SMARTS) is 1. The van der Waals surface area contributed by atoms with Crippen LogP contribution >= 0.6 is 0 Å². The van der Waals surface area contributed by atoms with E-state index >= 15 is 0 Å². The number of carbonyl (C=O) groups excluding carboxylic acids is 2. The number of hydrogen-bond acceptors (Lipinski definition) is 5. The van der Waals surface area contributed by atoms with Crippen LogP contribution in [-0.2, 0) is 9.53 Å². The number of nitrogens with two attached hydrogens (primary N) is 1. The van der Waals surface area contributed by atoms with Crippen LogP contribution in [0.2, 0.25) is 0 Å². The number of rotatable bonds is 8. The Morgan fingerprint density at radius 2 is 1.39 bits per heavy atom. The van der Waals surface area contributed by atoms with Crippen molar-refractivity contribution in [3.05, 3.63) is 113 Å². The lowest BCUT2D eigenvalue weighted by Crippen LogP contribution is -2.25. The number of benzene rings is 4. The monoisotopic (exact) mass is 506 g/mol. The average molecular weight is 507 g/mol. The first-order chi connectivity index (χ1) is 18.4. The SMILES string of the molecule is Nc1cc(C(=O)OCC2c3ccccc3-c3ccccc32)ccc1-c1ccc(C(=O)NCCC(=O)O)cc1. The number of nitrogens with one attached hydrogen (secondary N) is 1. The number of nitrogen functional groups attached to an aromatic ring is 1. The topological polar surface area (TPSA) is 119 Å². The Kier molecular flexibility index (Phi) is 6.91. The molecule has 7 nitrogen and oxygen atoms in total. The third-order valence-corrected chi connectivity index (χ3v) is 6.71. The van der Waals surface area contributed by atoms with Gasteiger partial charge in [0, 0.05) is 29.3 Å². The fraction of sp³-hybridized carbons (Fsp3) is 0.129. The van der Waals surface area contributed by atoms with Crippen molar-refractivity contribution in [1.82, 2.24) is 5.32 Å². The van der Waals surface area contributed by atoms with Gasteiger partial charge in [-0.2, -0.15) is 0 Å². The Labute approximate surface area is 219 Å². The normalized spacial score (nSPS) is 11.9. The highest BCUT2D eigenvalue weighted by Gasteiger charge is 2.29. The maximum atomic E-state index is 12.9. The van der Waals surface area contributed by atoms with E-state index in [1.54, 1.807) is 42.5 Å². The molecule has 4 aromatic rings. The zero-order valence-corrected chi connectivity index (χ0v) is 20.5. The van der Waals surface area contributed by atoms with Crippen LogP contribution in [0, 0.1) is 0 Å². The van der Waals surface area contributed by atoms with E-state index < -0.39 is 11.9 Å². The fourth-order valence-corrected chi connectivity index (χ4v) is 4.82. The number of anilines is 1. The molecule has 0 aliphatic heterocycles. The van der Waals surface area contributed by atoms with Crippen LogP contribution in [0.3, 0.4) is 0 Å². The van der Waals surface area contributed by atoms with Crippen molar-refractivity contribution >= 4 is 23.5 Å². The van der Waals surface area contributed by atoms with Crippen LogP contribution < -0.4 is 11.1 Å². The number of amides is 1. The minimum absolute atomic E-state index is 0.0252. The van der Waals surface area contributed by atoms with E-state index in [2.05, 4.69) is 29.6 Å². The van der Waals surface area contributed by atoms with E-state index in [1.165, 1.54) is 11.1 Å². The molecule has 0 saturated carbocycles. The third-order valence-electron chi connectivity index (χ3n) is 6.71. The first kappa shape index (κ1) is 24.8. The molecule has 5 rings (SSSR count). The molecular weight excluding hydrogens is 480 g/mol. The summed E-state index contributed by atoms with van der Waals surface area (Å²) in [4.78, 5) is 35.7. The largest absolute Gasteiger partial charge is 0.481 e. The zero-order valence-electron chi connectivity index (χ0n) is 20.5. The lowest BCUT2D eigenvalue weighted by Gasteiger charge is -2.15. The van der Waals surface area contributed by atoms with Crippen LogP contribution in [0.5, 0.6) is 0 Å². The second-order valence-corrected chi connectivity index (χ2v) is 9.10. The number of esters is 1. The number of ether oxygens (including phenoxy) is 1. The van der Waals surface area contributed by atoms with Gasteiger partial charge >= 0.3 is 11.9 Å². The first-order valence-corrected chi connectivity index (χ1v) is 12.3. The minimum atomic E-state index is -0.974. The molecule has 190 valence electrons. The van der Waals surface area contributed by atoms with Gasteiger partial charge in [0.2, 0.25) is 0 Å². The van der Waals surface area contributed by atoms with Crippen molar-refractivity contribution in [2.75, 3.05) is 18.9 Å². The van der Waals surface area contributed by atoms with Gasteiger partial charge in [-0.25, -0.2) is 4.79 Å². The van der Waals surface area contributed by atoms with E-state index in [9.17, 15) is 14.4 Å². The van der Waals surface area contributed by atoms with E-state index in [0.29, 0.717) is 16.8 Å². The van der Waals surface area contributed by atoms with Gasteiger partial charge in [-0.3, -0.25) is 9.59 Å². The standard InChI is InChI=1S/C31H26N2O5/c32-28-17-21(13-14-22(28)19-9-11-20(12-10-19)30(36)33-16-15-29(34)35)31(37)38-18-27-25-7-3-1-5-23(25)24-6-2-4-8-26(24)27/h1-14,17,27H,15-16,18,32H2,(H,33,36)(H,34,35). The molecule has 4 N–H and O–H groups in total. The molecule has 0 atom stereocenters. The van der Waals surface area contributed by atoms with Crippen LogP contribution in [0.15, 0.2) is 91.0 Å². The van der Waals surface area contributed by atoms with Crippen LogP contribution in [-0.4, -0.2) is 36.1 Å². The van der Waals surface area contributed by atoms with Gasteiger partial charge in [0.15, 0.2) is 0 Å². The summed E-state index contributed by atoms with van der Waals surface area (Å²) in [5, 5.41) is 11.3. The lowest BCUT2D eigenvalue weighted by molar-refractivity contribution is -0.136. The summed E-state index contributed by atoms with van der Waals surface area (Å²) in [6.45, 7) is 0.282. The molecular formula is C31H26N2O5. The maximum absolute atomic E-state index is 12.9. The average Bonchev–Trinajstić information content (AvgIpc) is 3.25. The van der Waals surface area contributed by atoms with Crippen molar-refractivity contribution in [3.63, 3.8) is 0 Å². The minimum Gasteiger partial charge on any atom is -0.481 e. The summed E-state index contributed by atoms with van der Waals surface area (Å²) in [5.41, 5.74) is 13.6. The van der Waals surface area contributed by atoms with Gasteiger partial charge in [-0.05, 0) is 52.1 Å². The van der Waals surface area contributed by atoms with Crippen molar-refractivity contribution in [1.29, 1.82) is 0 Å². The number of hydrogen-bond donors (Lipinski definition) is 3. The highest BCUT2D eigenvalue weighted by molar-refractivity contribution is 5.96. The fourth-order valence-electron chi connectivity index (χ4n) is 4.82. The molecule has 0 saturated heterocycles. The van der Waals surface area contributed by atoms with Crippen LogP contribution in [0.25, 0.3) is 22.3 Å². The molecule has 0 heterocycles. The van der Waals surface area contributed by atoms with Gasteiger partial charge < -0.3 is 20.9 Å². The molecule has 0 fully saturated rings. The summed E-state index contributed by atoms with van der Waals surface area (Å²) >= 11 is 0. The maximum Gasteiger partial charge on any atom is 0.338 e. The molecule has 0 bridgehead atoms. The highest BCUT2D eigenvalue weighted by atomic mass is 16.5. The molecule has 1 amide bonds. The molecule has 4 aromatic carbocycles. The molecule has 1 aliphatic rings. The molecule has 38 heavy (non-hydrogen) atoms. The van der Waals surface area contributed by atoms with Gasteiger partial charge in [0.1, 0.15) is 6.61 Å². The predicted octanol–water partition coefficient (Wildman–Crippen LogP) is 5.11. The quantitative estimate of drug-likeness (QED) is 0.226. The number of carboxylic acids is 1. The molecule has 0 aromatic heterocycles. The number of fused-ring (bicyclic) bond motifs is 3. The second-order valence-electron chi connectivity index (χ2n) is 9.10. The van der Waals surface area contributed by atoms with Crippen LogP contribution in [0.1, 0.15) is 44.2 Å². The summed E-state index contributed by atoms with van der Waals surface area (Å²) in [7, 11) is 0. The second kappa shape index (κ2) is 10.6. The van der Waals surface area contributed by atoms with E-state index in [1.807, 2.05) is 24.3 Å². The number of carbonyl (C=O) groups is 3. The van der Waals surface area contributed by atoms with Crippen LogP contribution in [0.4, 0.5) is 5.69 Å². The Morgan fingerprint density at radius 1 is 0.789 bits per heavy atom. The van der Waals surface area contributed by atoms with Gasteiger partial charge in [0.05, 0.1) is 12.0 Å². The number of aliphatic carboxylic acids is 1. The molecule has 1 aliphatic carbocycles. The molecule has 0 spiro atoms. The van der Waals surface area contributed by atoms with Gasteiger partial charge in [-0.1, -0.05) is 66.7 Å². The Bertz CT molecular complexity index is 1480. The van der Waals surface area contributed by atoms with E-state index in [4.69, 9.17) is 15.6 Å². The lowest BCUT2D eigenvalue weighted by atomic mass is 9.98. The highest BCUT2D eigenvalue weighted by Crippen LogP contribution is 2.44. The zero-order chi connectivity index (χ0) is 26.6. The third kappa shape index (κ3) is 4.99. The first-order valence-electron chi connectivity index (χ1n) is 12.3. The Morgan fingerprint density at radius 3 is 2.00 bits per heavy atom. The van der Waals surface area contributed by atoms with E-state index in [-0.39, 0.29) is 31.4 Å².